The van der Waals surface area contributed by atoms with Crippen molar-refractivity contribution >= 4 is 52.7 Å². The third kappa shape index (κ3) is 10.3. The van der Waals surface area contributed by atoms with Crippen molar-refractivity contribution in [1.82, 2.24) is 15.5 Å². The van der Waals surface area contributed by atoms with Gasteiger partial charge in [-0.15, -0.1) is 0 Å². The van der Waals surface area contributed by atoms with Crippen molar-refractivity contribution < 1.29 is 73.7 Å². The summed E-state index contributed by atoms with van der Waals surface area (Å²) in [7, 11) is 1.06. The van der Waals surface area contributed by atoms with Crippen molar-refractivity contribution in [3.63, 3.8) is 0 Å². The molecule has 23 heteroatoms. The number of benzene rings is 3. The summed E-state index contributed by atoms with van der Waals surface area (Å²) in [5, 5.41) is 10.1. The number of fused-ring (bicyclic) bond motifs is 1. The molecule has 5 rings (SSSR count). The molecule has 3 aromatic carbocycles. The van der Waals surface area contributed by atoms with Gasteiger partial charge in [0, 0.05) is 37.5 Å². The number of ether oxygens (including phenoxy) is 3. The Labute approximate surface area is 334 Å². The van der Waals surface area contributed by atoms with Crippen LogP contribution in [0.2, 0.25) is 0 Å². The molecule has 318 valence electrons. The lowest BCUT2D eigenvalue weighted by Gasteiger charge is -2.27. The Kier molecular flexibility index (Phi) is 13.6. The number of hydrogen-bond donors (Lipinski definition) is 4. The van der Waals surface area contributed by atoms with Crippen LogP contribution < -0.4 is 25.6 Å². The van der Waals surface area contributed by atoms with E-state index in [4.69, 9.17) is 19.7 Å². The van der Waals surface area contributed by atoms with Crippen LogP contribution in [0.4, 0.5) is 46.9 Å². The first kappa shape index (κ1) is 44.4. The number of halogens is 7. The second kappa shape index (κ2) is 18.4. The van der Waals surface area contributed by atoms with Crippen LogP contribution in [0, 0.1) is 11.3 Å². The van der Waals surface area contributed by atoms with Gasteiger partial charge in [0.15, 0.2) is 5.75 Å². The zero-order valence-corrected chi connectivity index (χ0v) is 31.0. The third-order valence-corrected chi connectivity index (χ3v) is 8.77. The van der Waals surface area contributed by atoms with Crippen LogP contribution >= 0.6 is 0 Å². The molecule has 6 amide bonds. The Hall–Kier alpha value is -6.75. The fourth-order valence-electron chi connectivity index (χ4n) is 5.89. The Morgan fingerprint density at radius 1 is 0.967 bits per heavy atom. The van der Waals surface area contributed by atoms with Gasteiger partial charge in [-0.05, 0) is 55.0 Å². The maximum atomic E-state index is 14.2. The van der Waals surface area contributed by atoms with E-state index >= 15 is 0 Å². The van der Waals surface area contributed by atoms with E-state index in [0.29, 0.717) is 4.90 Å². The average molecular weight is 852 g/mol. The molecule has 2 aliphatic heterocycles. The largest absolute Gasteiger partial charge is 0.420 e. The predicted molar refractivity (Wildman–Crippen MR) is 192 cm³/mol. The van der Waals surface area contributed by atoms with Crippen molar-refractivity contribution in [2.75, 3.05) is 50.2 Å². The minimum Gasteiger partial charge on any atom is -0.409 e. The van der Waals surface area contributed by atoms with Crippen molar-refractivity contribution in [3.05, 3.63) is 94.4 Å². The van der Waals surface area contributed by atoms with E-state index < -0.39 is 94.6 Å². The molecule has 0 saturated carbocycles. The summed E-state index contributed by atoms with van der Waals surface area (Å²) in [6, 6.07) is 6.97. The number of anilines is 2. The van der Waals surface area contributed by atoms with Gasteiger partial charge in [-0.2, -0.15) is 31.5 Å². The first-order valence-electron chi connectivity index (χ1n) is 17.5. The number of alkyl halides is 6. The molecule has 0 aliphatic carbocycles. The minimum atomic E-state index is -5.49. The Balaban J connectivity index is 1.15. The highest BCUT2D eigenvalue weighted by atomic mass is 19.4. The lowest BCUT2D eigenvalue weighted by Crippen LogP contribution is -2.54. The quantitative estimate of drug-likeness (QED) is 0.0654. The molecular weight excluding hydrogens is 819 g/mol. The monoisotopic (exact) mass is 851 g/mol. The van der Waals surface area contributed by atoms with Crippen LogP contribution in [-0.2, 0) is 36.2 Å². The van der Waals surface area contributed by atoms with E-state index in [2.05, 4.69) is 21.1 Å². The maximum absolute atomic E-state index is 14.2. The Bertz CT molecular complexity index is 2230. The van der Waals surface area contributed by atoms with E-state index in [1.165, 1.54) is 18.2 Å². The van der Waals surface area contributed by atoms with Crippen LogP contribution in [0.3, 0.4) is 0 Å². The fraction of sp³-hybridized carbons (Fsp3) is 0.297. The third-order valence-electron chi connectivity index (χ3n) is 8.77. The van der Waals surface area contributed by atoms with Crippen LogP contribution in [-0.4, -0.2) is 86.6 Å². The Morgan fingerprint density at radius 3 is 2.32 bits per heavy atom. The molecule has 1 fully saturated rings. The molecule has 1 atom stereocenters. The molecule has 0 spiro atoms. The van der Waals surface area contributed by atoms with Gasteiger partial charge in [0.05, 0.1) is 47.8 Å². The van der Waals surface area contributed by atoms with Gasteiger partial charge in [-0.25, -0.2) is 14.7 Å². The normalized spacial score (nSPS) is 15.7. The molecule has 3 aromatic rings. The molecule has 16 nitrogen and oxygen atoms in total. The second-order valence-electron chi connectivity index (χ2n) is 12.8. The molecule has 0 bridgehead atoms. The summed E-state index contributed by atoms with van der Waals surface area (Å²) in [6.45, 7) is -1.10. The second-order valence-corrected chi connectivity index (χ2v) is 12.8. The number of piperidine rings is 1. The van der Waals surface area contributed by atoms with E-state index in [1.807, 2.05) is 0 Å². The summed E-state index contributed by atoms with van der Waals surface area (Å²) in [5.41, 5.74) is 1.67. The summed E-state index contributed by atoms with van der Waals surface area (Å²) >= 11 is 0. The van der Waals surface area contributed by atoms with E-state index in [-0.39, 0.29) is 73.8 Å². The lowest BCUT2D eigenvalue weighted by molar-refractivity contribution is -0.144. The topological polar surface area (TPSA) is 209 Å². The van der Waals surface area contributed by atoms with Gasteiger partial charge < -0.3 is 24.8 Å². The number of amides is 6. The van der Waals surface area contributed by atoms with Gasteiger partial charge in [-0.3, -0.25) is 39.1 Å². The molecular formula is C37H32F7N7O9. The molecule has 2 aliphatic rings. The highest BCUT2D eigenvalue weighted by Crippen LogP contribution is 2.45. The van der Waals surface area contributed by atoms with Gasteiger partial charge in [-0.1, -0.05) is 6.07 Å². The smallest absolute Gasteiger partial charge is 0.409 e. The molecule has 0 aromatic heterocycles. The number of hydrogen-bond acceptors (Lipinski definition) is 12. The number of carbonyl (C=O) groups is 6. The molecule has 0 radical (unpaired) electrons. The highest BCUT2D eigenvalue weighted by Gasteiger charge is 2.46. The molecule has 1 unspecified atom stereocenters. The first-order valence-corrected chi connectivity index (χ1v) is 17.5. The van der Waals surface area contributed by atoms with Gasteiger partial charge >= 0.3 is 18.4 Å². The van der Waals surface area contributed by atoms with Crippen molar-refractivity contribution in [1.29, 1.82) is 5.53 Å². The zero-order valence-electron chi connectivity index (χ0n) is 31.0. The first-order chi connectivity index (χ1) is 28.3. The Morgan fingerprint density at radius 2 is 1.67 bits per heavy atom. The van der Waals surface area contributed by atoms with Crippen LogP contribution in [0.5, 0.6) is 5.75 Å². The highest BCUT2D eigenvalue weighted by molar-refractivity contribution is 6.26. The van der Waals surface area contributed by atoms with Crippen LogP contribution in [0.25, 0.3) is 5.70 Å². The van der Waals surface area contributed by atoms with Gasteiger partial charge in [0.25, 0.3) is 11.8 Å². The SMILES string of the molecule is CN(C(=O)Oc1c(/C(=C/NCCOCCOCC(=O)Nc2cccc3c2C(=O)N(C2CCC(=O)NC2=O)C3=O)N=N)cc(C(F)(F)F)cc1C(F)(F)F)c1ccc(F)cc1. The number of carbonyl (C=O) groups excluding carboxylic acids is 6. The molecule has 1 saturated heterocycles. The standard InChI is InChI=1S/C37H32F7N7O9/c1-50(21-7-5-20(38)6-8-21)35(57)60-31-23(15-19(36(39,40)41)16-24(31)37(42,43)44)26(49-45)17-46-11-12-58-13-14-59-18-29(53)47-25-4-2-3-22-30(25)34(56)51(33(22)55)27-9-10-28(52)48-32(27)54/h2-8,15-17,27,45-46H,9-14,18H2,1H3,(H,47,53)(H,48,52,54)/b26-17-,49-45?. The number of nitrogens with zero attached hydrogens (tertiary/aromatic N) is 3. The predicted octanol–water partition coefficient (Wildman–Crippen LogP) is 5.49. The average Bonchev–Trinajstić information content (AvgIpc) is 3.44. The van der Waals surface area contributed by atoms with Crippen LogP contribution in [0.1, 0.15) is 50.2 Å². The van der Waals surface area contributed by atoms with Crippen molar-refractivity contribution in [2.45, 2.75) is 31.2 Å². The summed E-state index contributed by atoms with van der Waals surface area (Å²) < 4.78 is 113. The van der Waals surface area contributed by atoms with Crippen LogP contribution in [0.15, 0.2) is 65.9 Å². The number of rotatable bonds is 15. The minimum absolute atomic E-state index is 0.0224. The van der Waals surface area contributed by atoms with E-state index in [1.54, 1.807) is 0 Å². The van der Waals surface area contributed by atoms with Crippen molar-refractivity contribution in [2.24, 2.45) is 5.11 Å². The summed E-state index contributed by atoms with van der Waals surface area (Å²) in [4.78, 5) is 77.0. The molecule has 4 N–H and O–H groups in total. The number of imide groups is 2. The zero-order chi connectivity index (χ0) is 43.9. The summed E-state index contributed by atoms with van der Waals surface area (Å²) in [6.07, 6.45) is -11.6. The molecule has 2 heterocycles. The van der Waals surface area contributed by atoms with E-state index in [9.17, 15) is 59.5 Å². The maximum Gasteiger partial charge on any atom is 0.420 e. The molecule has 60 heavy (non-hydrogen) atoms. The fourth-order valence-corrected chi connectivity index (χ4v) is 5.89. The van der Waals surface area contributed by atoms with Gasteiger partial charge in [0.2, 0.25) is 17.7 Å². The van der Waals surface area contributed by atoms with Gasteiger partial charge in [0.1, 0.15) is 24.2 Å². The van der Waals surface area contributed by atoms with Crippen molar-refractivity contribution in [3.8, 4) is 5.75 Å². The number of nitrogens with one attached hydrogen (secondary N) is 4. The van der Waals surface area contributed by atoms with E-state index in [0.717, 1.165) is 42.4 Å². The summed E-state index contributed by atoms with van der Waals surface area (Å²) in [5.74, 6) is -5.75. The lowest BCUT2D eigenvalue weighted by atomic mass is 10.0.